The van der Waals surface area contributed by atoms with Gasteiger partial charge in [-0.3, -0.25) is 0 Å². The van der Waals surface area contributed by atoms with Gasteiger partial charge in [0.1, 0.15) is 5.82 Å². The highest BCUT2D eigenvalue weighted by Gasteiger charge is 2.52. The number of aromatic nitrogens is 1. The molecule has 1 fully saturated rings. The number of aliphatic hydroxyl groups excluding tert-OH is 1. The van der Waals surface area contributed by atoms with Crippen molar-refractivity contribution in [2.45, 2.75) is 38.9 Å². The Hall–Kier alpha value is -1.37. The molecule has 5 nitrogen and oxygen atoms in total. The number of nitrogens with zero attached hydrogens (tertiary/aromatic N) is 1. The SMILES string of the molecule is CC1(C)OB(C(=Cc2cccnc2N)CO)OC1(C)C. The molecule has 0 aliphatic carbocycles. The van der Waals surface area contributed by atoms with Gasteiger partial charge in [-0.2, -0.15) is 0 Å². The van der Waals surface area contributed by atoms with Crippen molar-refractivity contribution in [3.8, 4) is 0 Å². The summed E-state index contributed by atoms with van der Waals surface area (Å²) in [6, 6.07) is 3.63. The molecule has 1 aliphatic heterocycles. The number of nitrogen functional groups attached to an aromatic ring is 1. The highest BCUT2D eigenvalue weighted by molar-refractivity contribution is 6.55. The summed E-state index contributed by atoms with van der Waals surface area (Å²) in [6.07, 6.45) is 3.39. The molecule has 3 N–H and O–H groups in total. The molecule has 20 heavy (non-hydrogen) atoms. The molecule has 0 unspecified atom stereocenters. The fraction of sp³-hybridized carbons (Fsp3) is 0.500. The Morgan fingerprint density at radius 2 is 1.95 bits per heavy atom. The largest absolute Gasteiger partial charge is 0.492 e. The normalized spacial score (nSPS) is 21.2. The molecule has 0 spiro atoms. The van der Waals surface area contributed by atoms with Gasteiger partial charge in [-0.1, -0.05) is 6.08 Å². The van der Waals surface area contributed by atoms with Crippen LogP contribution in [0.3, 0.4) is 0 Å². The number of hydrogen-bond donors (Lipinski definition) is 2. The molecule has 2 rings (SSSR count). The molecule has 1 aromatic heterocycles. The first-order chi connectivity index (χ1) is 9.27. The van der Waals surface area contributed by atoms with Crippen molar-refractivity contribution in [2.24, 2.45) is 0 Å². The lowest BCUT2D eigenvalue weighted by atomic mass is 9.77. The van der Waals surface area contributed by atoms with Crippen molar-refractivity contribution < 1.29 is 14.4 Å². The molecule has 1 aromatic rings. The van der Waals surface area contributed by atoms with E-state index in [1.807, 2.05) is 33.8 Å². The fourth-order valence-corrected chi connectivity index (χ4v) is 1.93. The number of anilines is 1. The third kappa shape index (κ3) is 2.72. The lowest BCUT2D eigenvalue weighted by molar-refractivity contribution is 0.00578. The predicted octanol–water partition coefficient (Wildman–Crippen LogP) is 1.67. The van der Waals surface area contributed by atoms with Crippen LogP contribution in [-0.2, 0) is 9.31 Å². The van der Waals surface area contributed by atoms with E-state index in [2.05, 4.69) is 4.98 Å². The molecular formula is C14H21BN2O3. The van der Waals surface area contributed by atoms with Gasteiger partial charge in [0.2, 0.25) is 0 Å². The summed E-state index contributed by atoms with van der Waals surface area (Å²) in [5.74, 6) is 0.412. The van der Waals surface area contributed by atoms with Crippen LogP contribution in [-0.4, -0.2) is 35.0 Å². The molecule has 0 bridgehead atoms. The minimum Gasteiger partial charge on any atom is -0.400 e. The van der Waals surface area contributed by atoms with Crippen LogP contribution in [0.4, 0.5) is 5.82 Å². The van der Waals surface area contributed by atoms with Crippen molar-refractivity contribution in [1.29, 1.82) is 0 Å². The first-order valence-electron chi connectivity index (χ1n) is 6.64. The van der Waals surface area contributed by atoms with Gasteiger partial charge in [-0.25, -0.2) is 4.98 Å². The van der Waals surface area contributed by atoms with Crippen molar-refractivity contribution in [3.05, 3.63) is 29.4 Å². The summed E-state index contributed by atoms with van der Waals surface area (Å²) in [4.78, 5) is 4.02. The van der Waals surface area contributed by atoms with Gasteiger partial charge in [-0.05, 0) is 45.3 Å². The Labute approximate surface area is 119 Å². The van der Waals surface area contributed by atoms with Crippen LogP contribution >= 0.6 is 0 Å². The molecule has 0 atom stereocenters. The van der Waals surface area contributed by atoms with Gasteiger partial charge in [0.25, 0.3) is 0 Å². The van der Waals surface area contributed by atoms with E-state index in [9.17, 15) is 5.11 Å². The van der Waals surface area contributed by atoms with Gasteiger partial charge in [-0.15, -0.1) is 0 Å². The Morgan fingerprint density at radius 3 is 2.45 bits per heavy atom. The quantitative estimate of drug-likeness (QED) is 0.821. The van der Waals surface area contributed by atoms with Crippen LogP contribution in [0.1, 0.15) is 33.3 Å². The first-order valence-corrected chi connectivity index (χ1v) is 6.64. The van der Waals surface area contributed by atoms with Crippen LogP contribution in [0.2, 0.25) is 0 Å². The number of hydrogen-bond acceptors (Lipinski definition) is 5. The van der Waals surface area contributed by atoms with Crippen LogP contribution in [0, 0.1) is 0 Å². The molecule has 0 aromatic carbocycles. The third-order valence-electron chi connectivity index (χ3n) is 3.95. The average Bonchev–Trinajstić information content (AvgIpc) is 2.57. The third-order valence-corrected chi connectivity index (χ3v) is 3.95. The molecule has 0 amide bonds. The maximum Gasteiger partial charge on any atom is 0.492 e. The van der Waals surface area contributed by atoms with E-state index in [0.717, 1.165) is 5.56 Å². The van der Waals surface area contributed by atoms with E-state index in [0.29, 0.717) is 11.3 Å². The number of pyridine rings is 1. The Kier molecular flexibility index (Phi) is 3.91. The number of nitrogens with two attached hydrogens (primary N) is 1. The smallest absolute Gasteiger partial charge is 0.400 e. The number of rotatable bonds is 3. The van der Waals surface area contributed by atoms with Crippen LogP contribution in [0.25, 0.3) is 6.08 Å². The molecule has 108 valence electrons. The molecule has 0 radical (unpaired) electrons. The lowest BCUT2D eigenvalue weighted by Gasteiger charge is -2.32. The molecule has 6 heteroatoms. The highest BCUT2D eigenvalue weighted by atomic mass is 16.7. The van der Waals surface area contributed by atoms with Gasteiger partial charge in [0.15, 0.2) is 0 Å². The van der Waals surface area contributed by atoms with Gasteiger partial charge in [0.05, 0.1) is 17.8 Å². The zero-order valence-electron chi connectivity index (χ0n) is 12.4. The summed E-state index contributed by atoms with van der Waals surface area (Å²) in [7, 11) is -0.579. The van der Waals surface area contributed by atoms with Gasteiger partial charge in [0, 0.05) is 11.8 Å². The van der Waals surface area contributed by atoms with E-state index in [-0.39, 0.29) is 6.61 Å². The summed E-state index contributed by atoms with van der Waals surface area (Å²) in [6.45, 7) is 7.73. The molecule has 1 saturated heterocycles. The average molecular weight is 276 g/mol. The zero-order chi connectivity index (χ0) is 15.0. The van der Waals surface area contributed by atoms with Gasteiger partial charge >= 0.3 is 7.12 Å². The van der Waals surface area contributed by atoms with E-state index in [1.54, 1.807) is 18.3 Å². The van der Waals surface area contributed by atoms with E-state index < -0.39 is 18.3 Å². The first kappa shape index (κ1) is 15.0. The minimum absolute atomic E-state index is 0.162. The standard InChI is InChI=1S/C14H21BN2O3/c1-13(2)14(3,4)20-15(19-13)11(9-18)8-10-6-5-7-17-12(10)16/h5-8,18H,9H2,1-4H3,(H2,16,17). The van der Waals surface area contributed by atoms with E-state index in [4.69, 9.17) is 15.0 Å². The predicted molar refractivity (Wildman–Crippen MR) is 79.8 cm³/mol. The Morgan fingerprint density at radius 1 is 1.35 bits per heavy atom. The monoisotopic (exact) mass is 276 g/mol. The van der Waals surface area contributed by atoms with Crippen molar-refractivity contribution in [2.75, 3.05) is 12.3 Å². The second kappa shape index (κ2) is 5.20. The molecule has 2 heterocycles. The van der Waals surface area contributed by atoms with Crippen LogP contribution in [0.15, 0.2) is 23.8 Å². The summed E-state index contributed by atoms with van der Waals surface area (Å²) in [5, 5.41) is 9.59. The second-order valence-electron chi connectivity index (χ2n) is 5.94. The molecule has 0 saturated carbocycles. The van der Waals surface area contributed by atoms with E-state index in [1.165, 1.54) is 0 Å². The van der Waals surface area contributed by atoms with Crippen LogP contribution < -0.4 is 5.73 Å². The highest BCUT2D eigenvalue weighted by Crippen LogP contribution is 2.38. The minimum atomic E-state index is -0.579. The number of aliphatic hydroxyl groups is 1. The Balaban J connectivity index is 2.29. The second-order valence-corrected chi connectivity index (χ2v) is 5.94. The summed E-state index contributed by atoms with van der Waals surface area (Å²) < 4.78 is 11.8. The summed E-state index contributed by atoms with van der Waals surface area (Å²) in [5.41, 5.74) is 6.30. The van der Waals surface area contributed by atoms with Crippen molar-refractivity contribution in [1.82, 2.24) is 4.98 Å². The summed E-state index contributed by atoms with van der Waals surface area (Å²) >= 11 is 0. The van der Waals surface area contributed by atoms with Gasteiger partial charge < -0.3 is 20.1 Å². The maximum absolute atomic E-state index is 9.59. The van der Waals surface area contributed by atoms with E-state index >= 15 is 0 Å². The molecule has 1 aliphatic rings. The van der Waals surface area contributed by atoms with Crippen molar-refractivity contribution >= 4 is 19.0 Å². The lowest BCUT2D eigenvalue weighted by Crippen LogP contribution is -2.41. The van der Waals surface area contributed by atoms with Crippen LogP contribution in [0.5, 0.6) is 0 Å². The Bertz CT molecular complexity index is 513. The maximum atomic E-state index is 9.59. The van der Waals surface area contributed by atoms with Crippen molar-refractivity contribution in [3.63, 3.8) is 0 Å². The topological polar surface area (TPSA) is 77.6 Å². The fourth-order valence-electron chi connectivity index (χ4n) is 1.93. The zero-order valence-corrected chi connectivity index (χ0v) is 12.4. The molecular weight excluding hydrogens is 255 g/mol.